The van der Waals surface area contributed by atoms with Gasteiger partial charge in [0.2, 0.25) is 0 Å². The predicted molar refractivity (Wildman–Crippen MR) is 66.0 cm³/mol. The quantitative estimate of drug-likeness (QED) is 0.813. The molecule has 1 saturated heterocycles. The SMILES string of the molecule is NCC1(C(O)c2cc(F)c(F)c(F)c2)CCS(=O)(=O)C1. The molecule has 1 fully saturated rings. The Kier molecular flexibility index (Phi) is 3.83. The fourth-order valence-corrected chi connectivity index (χ4v) is 4.67. The molecule has 1 aliphatic heterocycles. The van der Waals surface area contributed by atoms with Crippen LogP contribution in [0.1, 0.15) is 18.1 Å². The Hall–Kier alpha value is -1.12. The number of hydrogen-bond acceptors (Lipinski definition) is 4. The number of nitrogens with two attached hydrogens (primary N) is 1. The van der Waals surface area contributed by atoms with Gasteiger partial charge < -0.3 is 10.8 Å². The normalized spacial score (nSPS) is 26.6. The molecule has 8 heteroatoms. The van der Waals surface area contributed by atoms with E-state index in [2.05, 4.69) is 0 Å². The van der Waals surface area contributed by atoms with Gasteiger partial charge in [-0.15, -0.1) is 0 Å². The van der Waals surface area contributed by atoms with Crippen LogP contribution in [-0.2, 0) is 9.84 Å². The number of hydrogen-bond donors (Lipinski definition) is 2. The molecule has 20 heavy (non-hydrogen) atoms. The molecule has 1 aromatic rings. The van der Waals surface area contributed by atoms with Crippen LogP contribution in [0.15, 0.2) is 12.1 Å². The molecule has 0 saturated carbocycles. The van der Waals surface area contributed by atoms with Crippen molar-refractivity contribution in [1.82, 2.24) is 0 Å². The fourth-order valence-electron chi connectivity index (χ4n) is 2.52. The number of aliphatic hydroxyl groups is 1. The maximum atomic E-state index is 13.2. The summed E-state index contributed by atoms with van der Waals surface area (Å²) in [6, 6.07) is 1.32. The minimum atomic E-state index is -3.35. The summed E-state index contributed by atoms with van der Waals surface area (Å²) in [4.78, 5) is 0. The van der Waals surface area contributed by atoms with Gasteiger partial charge in [0, 0.05) is 12.0 Å². The molecule has 2 unspecified atom stereocenters. The molecule has 112 valence electrons. The van der Waals surface area contributed by atoms with Crippen LogP contribution in [0.3, 0.4) is 0 Å². The van der Waals surface area contributed by atoms with Crippen LogP contribution in [0.2, 0.25) is 0 Å². The summed E-state index contributed by atoms with van der Waals surface area (Å²) in [5, 5.41) is 10.2. The Labute approximate surface area is 114 Å². The van der Waals surface area contributed by atoms with Gasteiger partial charge in [-0.05, 0) is 24.1 Å². The molecule has 1 aromatic carbocycles. The van der Waals surface area contributed by atoms with Crippen molar-refractivity contribution < 1.29 is 26.7 Å². The third-order valence-electron chi connectivity index (χ3n) is 3.73. The van der Waals surface area contributed by atoms with Gasteiger partial charge in [-0.1, -0.05) is 0 Å². The van der Waals surface area contributed by atoms with Gasteiger partial charge in [0.1, 0.15) is 0 Å². The van der Waals surface area contributed by atoms with Crippen LogP contribution in [-0.4, -0.2) is 31.6 Å². The zero-order valence-electron chi connectivity index (χ0n) is 10.4. The minimum Gasteiger partial charge on any atom is -0.388 e. The van der Waals surface area contributed by atoms with Crippen LogP contribution in [0, 0.1) is 22.9 Å². The van der Waals surface area contributed by atoms with Crippen molar-refractivity contribution in [2.24, 2.45) is 11.1 Å². The number of aliphatic hydroxyl groups excluding tert-OH is 1. The standard InChI is InChI=1S/C12H14F3NO3S/c13-8-3-7(4-9(14)10(8)15)11(17)12(5-16)1-2-20(18,19)6-12/h3-4,11,17H,1-2,5-6,16H2. The molecule has 3 N–H and O–H groups in total. The van der Waals surface area contributed by atoms with E-state index in [9.17, 15) is 26.7 Å². The smallest absolute Gasteiger partial charge is 0.194 e. The Balaban J connectivity index is 2.42. The maximum Gasteiger partial charge on any atom is 0.194 e. The Morgan fingerprint density at radius 3 is 2.25 bits per heavy atom. The second kappa shape index (κ2) is 5.01. The Morgan fingerprint density at radius 2 is 1.85 bits per heavy atom. The van der Waals surface area contributed by atoms with E-state index in [4.69, 9.17) is 5.73 Å². The first-order chi connectivity index (χ1) is 9.21. The van der Waals surface area contributed by atoms with Gasteiger partial charge >= 0.3 is 0 Å². The van der Waals surface area contributed by atoms with Crippen molar-refractivity contribution in [3.63, 3.8) is 0 Å². The van der Waals surface area contributed by atoms with Crippen LogP contribution in [0.4, 0.5) is 13.2 Å². The van der Waals surface area contributed by atoms with Crippen molar-refractivity contribution in [1.29, 1.82) is 0 Å². The molecule has 4 nitrogen and oxygen atoms in total. The molecule has 0 bridgehead atoms. The Morgan fingerprint density at radius 1 is 1.30 bits per heavy atom. The zero-order valence-corrected chi connectivity index (χ0v) is 11.3. The van der Waals surface area contributed by atoms with Crippen molar-refractivity contribution in [2.75, 3.05) is 18.1 Å². The lowest BCUT2D eigenvalue weighted by Crippen LogP contribution is -2.38. The van der Waals surface area contributed by atoms with Crippen molar-refractivity contribution in [2.45, 2.75) is 12.5 Å². The van der Waals surface area contributed by atoms with Crippen molar-refractivity contribution in [3.05, 3.63) is 35.1 Å². The highest BCUT2D eigenvalue weighted by Crippen LogP contribution is 2.42. The molecule has 0 amide bonds. The highest BCUT2D eigenvalue weighted by atomic mass is 32.2. The molecule has 0 spiro atoms. The molecular weight excluding hydrogens is 295 g/mol. The summed E-state index contributed by atoms with van der Waals surface area (Å²) in [6.45, 7) is -0.159. The molecule has 0 aliphatic carbocycles. The van der Waals surface area contributed by atoms with Gasteiger partial charge in [0.05, 0.1) is 17.6 Å². The summed E-state index contributed by atoms with van der Waals surface area (Å²) in [5.74, 6) is -5.02. The van der Waals surface area contributed by atoms with Gasteiger partial charge in [0.25, 0.3) is 0 Å². The lowest BCUT2D eigenvalue weighted by Gasteiger charge is -2.32. The monoisotopic (exact) mass is 309 g/mol. The topological polar surface area (TPSA) is 80.4 Å². The molecule has 1 heterocycles. The number of benzene rings is 1. The van der Waals surface area contributed by atoms with E-state index >= 15 is 0 Å². The summed E-state index contributed by atoms with van der Waals surface area (Å²) in [6.07, 6.45) is -1.39. The second-order valence-electron chi connectivity index (χ2n) is 5.11. The summed E-state index contributed by atoms with van der Waals surface area (Å²) >= 11 is 0. The molecule has 0 radical (unpaired) electrons. The first-order valence-electron chi connectivity index (χ1n) is 5.94. The molecular formula is C12H14F3NO3S. The van der Waals surface area contributed by atoms with Crippen LogP contribution in [0.5, 0.6) is 0 Å². The maximum absolute atomic E-state index is 13.2. The molecule has 0 aromatic heterocycles. The third-order valence-corrected chi connectivity index (χ3v) is 5.57. The third kappa shape index (κ3) is 2.55. The van der Waals surface area contributed by atoms with E-state index in [1.165, 1.54) is 0 Å². The number of sulfone groups is 1. The Bertz CT molecular complexity index is 612. The van der Waals surface area contributed by atoms with Crippen LogP contribution < -0.4 is 5.73 Å². The van der Waals surface area contributed by atoms with Crippen molar-refractivity contribution in [3.8, 4) is 0 Å². The van der Waals surface area contributed by atoms with E-state index in [1.807, 2.05) is 0 Å². The number of rotatable bonds is 3. The van der Waals surface area contributed by atoms with E-state index < -0.39 is 38.8 Å². The van der Waals surface area contributed by atoms with E-state index in [0.717, 1.165) is 0 Å². The van der Waals surface area contributed by atoms with Gasteiger partial charge in [-0.3, -0.25) is 0 Å². The lowest BCUT2D eigenvalue weighted by atomic mass is 9.78. The fraction of sp³-hybridized carbons (Fsp3) is 0.500. The number of halogens is 3. The minimum absolute atomic E-state index is 0.0909. The van der Waals surface area contributed by atoms with Gasteiger partial charge in [-0.2, -0.15) is 0 Å². The van der Waals surface area contributed by atoms with Gasteiger partial charge in [0.15, 0.2) is 27.3 Å². The second-order valence-corrected chi connectivity index (χ2v) is 7.29. The molecule has 1 aliphatic rings. The first kappa shape index (κ1) is 15.3. The average molecular weight is 309 g/mol. The molecule has 2 rings (SSSR count). The summed E-state index contributed by atoms with van der Waals surface area (Å²) in [5.41, 5.74) is 4.13. The lowest BCUT2D eigenvalue weighted by molar-refractivity contribution is 0.0465. The highest BCUT2D eigenvalue weighted by molar-refractivity contribution is 7.91. The highest BCUT2D eigenvalue weighted by Gasteiger charge is 2.47. The first-order valence-corrected chi connectivity index (χ1v) is 7.76. The molecule has 2 atom stereocenters. The van der Waals surface area contributed by atoms with Crippen LogP contribution >= 0.6 is 0 Å². The predicted octanol–water partition coefficient (Wildman–Crippen LogP) is 0.901. The van der Waals surface area contributed by atoms with E-state index in [0.29, 0.717) is 12.1 Å². The van der Waals surface area contributed by atoms with Crippen molar-refractivity contribution >= 4 is 9.84 Å². The largest absolute Gasteiger partial charge is 0.388 e. The summed E-state index contributed by atoms with van der Waals surface area (Å²) < 4.78 is 62.4. The van der Waals surface area contributed by atoms with E-state index in [1.54, 1.807) is 0 Å². The summed E-state index contributed by atoms with van der Waals surface area (Å²) in [7, 11) is -3.35. The average Bonchev–Trinajstić information content (AvgIpc) is 2.71. The van der Waals surface area contributed by atoms with Crippen LogP contribution in [0.25, 0.3) is 0 Å². The zero-order chi connectivity index (χ0) is 15.1. The van der Waals surface area contributed by atoms with E-state index in [-0.39, 0.29) is 30.0 Å². The van der Waals surface area contributed by atoms with Gasteiger partial charge in [-0.25, -0.2) is 21.6 Å².